The van der Waals surface area contributed by atoms with Crippen LogP contribution in [0.2, 0.25) is 0 Å². The lowest BCUT2D eigenvalue weighted by Gasteiger charge is -2.05. The largest absolute Gasteiger partial charge is 0.398 e. The third kappa shape index (κ3) is 1.31. The first-order chi connectivity index (χ1) is 6.20. The number of rotatable bonds is 0. The number of hydrogen-bond acceptors (Lipinski definition) is 1. The molecule has 0 unspecified atom stereocenters. The summed E-state index contributed by atoms with van der Waals surface area (Å²) in [6.45, 7) is 2.08. The Balaban J connectivity index is 2.94. The van der Waals surface area contributed by atoms with Gasteiger partial charge in [0.15, 0.2) is 0 Å². The summed E-state index contributed by atoms with van der Waals surface area (Å²) in [4.78, 5) is 0. The van der Waals surface area contributed by atoms with E-state index in [1.54, 1.807) is 0 Å². The number of anilines is 1. The van der Waals surface area contributed by atoms with E-state index < -0.39 is 0 Å². The van der Waals surface area contributed by atoms with Crippen molar-refractivity contribution in [2.24, 2.45) is 0 Å². The van der Waals surface area contributed by atoms with Gasteiger partial charge in [-0.3, -0.25) is 0 Å². The molecule has 2 aromatic carbocycles. The highest BCUT2D eigenvalue weighted by molar-refractivity contribution is 9.10. The zero-order chi connectivity index (χ0) is 9.42. The fourth-order valence-corrected chi connectivity index (χ4v) is 1.93. The molecule has 0 aromatic heterocycles. The van der Waals surface area contributed by atoms with E-state index in [1.165, 1.54) is 10.9 Å². The molecule has 2 heteroatoms. The van der Waals surface area contributed by atoms with Crippen LogP contribution in [0, 0.1) is 6.92 Å². The Kier molecular flexibility index (Phi) is 2.00. The lowest BCUT2D eigenvalue weighted by molar-refractivity contribution is 1.47. The maximum Gasteiger partial charge on any atom is 0.0394 e. The van der Waals surface area contributed by atoms with Crippen LogP contribution in [0.5, 0.6) is 0 Å². The van der Waals surface area contributed by atoms with Crippen LogP contribution in [0.1, 0.15) is 5.56 Å². The van der Waals surface area contributed by atoms with E-state index in [1.807, 2.05) is 12.1 Å². The number of nitrogen functional groups attached to an aromatic ring is 1. The van der Waals surface area contributed by atoms with Crippen molar-refractivity contribution >= 4 is 32.4 Å². The Morgan fingerprint density at radius 1 is 1.08 bits per heavy atom. The van der Waals surface area contributed by atoms with Gasteiger partial charge in [0.05, 0.1) is 0 Å². The molecule has 0 spiro atoms. The quantitative estimate of drug-likeness (QED) is 0.696. The topological polar surface area (TPSA) is 26.0 Å². The van der Waals surface area contributed by atoms with Crippen molar-refractivity contribution in [3.63, 3.8) is 0 Å². The summed E-state index contributed by atoms with van der Waals surface area (Å²) in [5.41, 5.74) is 7.92. The summed E-state index contributed by atoms with van der Waals surface area (Å²) < 4.78 is 1.14. The first-order valence-corrected chi connectivity index (χ1v) is 4.93. The van der Waals surface area contributed by atoms with E-state index in [0.717, 1.165) is 15.5 Å². The minimum atomic E-state index is 0.832. The molecule has 0 saturated heterocycles. The van der Waals surface area contributed by atoms with Gasteiger partial charge in [0.1, 0.15) is 0 Å². The standard InChI is InChI=1S/C11H10BrN/c1-7-5-6-8-9(11(7)12)3-2-4-10(8)13/h2-6H,13H2,1H3. The smallest absolute Gasteiger partial charge is 0.0394 e. The van der Waals surface area contributed by atoms with E-state index in [4.69, 9.17) is 5.73 Å². The van der Waals surface area contributed by atoms with Gasteiger partial charge >= 0.3 is 0 Å². The molecule has 0 atom stereocenters. The molecule has 0 saturated carbocycles. The zero-order valence-electron chi connectivity index (χ0n) is 7.34. The number of hydrogen-bond donors (Lipinski definition) is 1. The Bertz CT molecular complexity index is 463. The second-order valence-electron chi connectivity index (χ2n) is 3.14. The normalized spacial score (nSPS) is 10.6. The van der Waals surface area contributed by atoms with Crippen LogP contribution in [0.25, 0.3) is 10.8 Å². The Hall–Kier alpha value is -1.02. The molecule has 0 aliphatic carbocycles. The van der Waals surface area contributed by atoms with Crippen molar-refractivity contribution < 1.29 is 0 Å². The average Bonchev–Trinajstić information content (AvgIpc) is 2.12. The summed E-state index contributed by atoms with van der Waals surface area (Å²) in [5.74, 6) is 0. The molecule has 0 fully saturated rings. The van der Waals surface area contributed by atoms with Crippen molar-refractivity contribution in [3.05, 3.63) is 40.4 Å². The molecule has 13 heavy (non-hydrogen) atoms. The average molecular weight is 236 g/mol. The molecule has 0 aliphatic heterocycles. The van der Waals surface area contributed by atoms with Gasteiger partial charge < -0.3 is 5.73 Å². The van der Waals surface area contributed by atoms with Crippen molar-refractivity contribution in [2.75, 3.05) is 5.73 Å². The second kappa shape index (κ2) is 3.04. The summed E-state index contributed by atoms with van der Waals surface area (Å²) in [6.07, 6.45) is 0. The number of aryl methyl sites for hydroxylation is 1. The van der Waals surface area contributed by atoms with Crippen molar-refractivity contribution in [3.8, 4) is 0 Å². The fraction of sp³-hybridized carbons (Fsp3) is 0.0909. The van der Waals surface area contributed by atoms with Crippen LogP contribution < -0.4 is 5.73 Å². The zero-order valence-corrected chi connectivity index (χ0v) is 8.93. The van der Waals surface area contributed by atoms with Crippen molar-refractivity contribution in [1.29, 1.82) is 0 Å². The SMILES string of the molecule is Cc1ccc2c(N)cccc2c1Br. The number of halogens is 1. The summed E-state index contributed by atoms with van der Waals surface area (Å²) in [6, 6.07) is 10.1. The second-order valence-corrected chi connectivity index (χ2v) is 3.93. The van der Waals surface area contributed by atoms with Crippen LogP contribution in [-0.4, -0.2) is 0 Å². The molecule has 2 rings (SSSR count). The Labute approximate surface area is 85.7 Å². The van der Waals surface area contributed by atoms with Crippen LogP contribution >= 0.6 is 15.9 Å². The van der Waals surface area contributed by atoms with Crippen LogP contribution in [-0.2, 0) is 0 Å². The highest BCUT2D eigenvalue weighted by atomic mass is 79.9. The first kappa shape index (κ1) is 8.57. The maximum atomic E-state index is 5.85. The molecule has 66 valence electrons. The maximum absolute atomic E-state index is 5.85. The van der Waals surface area contributed by atoms with Crippen LogP contribution in [0.15, 0.2) is 34.8 Å². The number of nitrogens with two attached hydrogens (primary N) is 1. The molecule has 0 bridgehead atoms. The molecular weight excluding hydrogens is 226 g/mol. The van der Waals surface area contributed by atoms with Gasteiger partial charge in [-0.05, 0) is 39.9 Å². The number of benzene rings is 2. The Morgan fingerprint density at radius 2 is 1.85 bits per heavy atom. The van der Waals surface area contributed by atoms with Gasteiger partial charge in [0, 0.05) is 15.5 Å². The van der Waals surface area contributed by atoms with Crippen molar-refractivity contribution in [1.82, 2.24) is 0 Å². The number of fused-ring (bicyclic) bond motifs is 1. The van der Waals surface area contributed by atoms with E-state index in [0.29, 0.717) is 0 Å². The van der Waals surface area contributed by atoms with Gasteiger partial charge in [-0.1, -0.05) is 24.3 Å². The predicted molar refractivity (Wildman–Crippen MR) is 60.8 cm³/mol. The van der Waals surface area contributed by atoms with Crippen LogP contribution in [0.3, 0.4) is 0 Å². The summed E-state index contributed by atoms with van der Waals surface area (Å²) >= 11 is 3.56. The molecule has 0 aliphatic rings. The third-order valence-electron chi connectivity index (χ3n) is 2.22. The predicted octanol–water partition coefficient (Wildman–Crippen LogP) is 3.49. The molecule has 1 nitrogen and oxygen atoms in total. The molecule has 0 heterocycles. The van der Waals surface area contributed by atoms with Gasteiger partial charge in [0.25, 0.3) is 0 Å². The van der Waals surface area contributed by atoms with E-state index in [2.05, 4.69) is 41.1 Å². The van der Waals surface area contributed by atoms with E-state index in [9.17, 15) is 0 Å². The van der Waals surface area contributed by atoms with E-state index >= 15 is 0 Å². The summed E-state index contributed by atoms with van der Waals surface area (Å²) in [5, 5.41) is 2.29. The fourth-order valence-electron chi connectivity index (χ4n) is 1.45. The molecule has 0 amide bonds. The van der Waals surface area contributed by atoms with Gasteiger partial charge in [-0.25, -0.2) is 0 Å². The third-order valence-corrected chi connectivity index (χ3v) is 3.28. The van der Waals surface area contributed by atoms with Crippen molar-refractivity contribution in [2.45, 2.75) is 6.92 Å². The van der Waals surface area contributed by atoms with Gasteiger partial charge in [-0.2, -0.15) is 0 Å². The molecule has 2 aromatic rings. The van der Waals surface area contributed by atoms with Gasteiger partial charge in [0.2, 0.25) is 0 Å². The minimum absolute atomic E-state index is 0.832. The molecular formula is C11H10BrN. The summed E-state index contributed by atoms with van der Waals surface area (Å²) in [7, 11) is 0. The lowest BCUT2D eigenvalue weighted by Crippen LogP contribution is -1.87. The highest BCUT2D eigenvalue weighted by Gasteiger charge is 2.02. The molecule has 0 radical (unpaired) electrons. The monoisotopic (exact) mass is 235 g/mol. The highest BCUT2D eigenvalue weighted by Crippen LogP contribution is 2.30. The van der Waals surface area contributed by atoms with Gasteiger partial charge in [-0.15, -0.1) is 0 Å². The Morgan fingerprint density at radius 3 is 2.62 bits per heavy atom. The molecule has 2 N–H and O–H groups in total. The minimum Gasteiger partial charge on any atom is -0.398 e. The van der Waals surface area contributed by atoms with E-state index in [-0.39, 0.29) is 0 Å². The lowest BCUT2D eigenvalue weighted by atomic mass is 10.1. The first-order valence-electron chi connectivity index (χ1n) is 4.13. The van der Waals surface area contributed by atoms with Crippen LogP contribution in [0.4, 0.5) is 5.69 Å².